The van der Waals surface area contributed by atoms with Crippen LogP contribution in [0.1, 0.15) is 22.6 Å². The first kappa shape index (κ1) is 20.3. The fourth-order valence-electron chi connectivity index (χ4n) is 4.60. The van der Waals surface area contributed by atoms with Gasteiger partial charge in [-0.15, -0.1) is 16.4 Å². The highest BCUT2D eigenvalue weighted by Gasteiger charge is 2.34. The van der Waals surface area contributed by atoms with E-state index in [9.17, 15) is 0 Å². The third-order valence-electron chi connectivity index (χ3n) is 6.09. The summed E-state index contributed by atoms with van der Waals surface area (Å²) in [7, 11) is 0. The van der Waals surface area contributed by atoms with Crippen molar-refractivity contribution in [2.45, 2.75) is 5.92 Å². The maximum absolute atomic E-state index is 6.48. The number of fused-ring (bicyclic) bond motifs is 6. The summed E-state index contributed by atoms with van der Waals surface area (Å²) in [4.78, 5) is 10.6. The summed E-state index contributed by atoms with van der Waals surface area (Å²) < 4.78 is 10.2. The second kappa shape index (κ2) is 7.73. The van der Waals surface area contributed by atoms with Crippen LogP contribution in [0.4, 0.5) is 0 Å². The van der Waals surface area contributed by atoms with Gasteiger partial charge in [-0.05, 0) is 48.9 Å². The van der Waals surface area contributed by atoms with Crippen molar-refractivity contribution in [3.05, 3.63) is 104 Å². The van der Waals surface area contributed by atoms with Gasteiger partial charge >= 0.3 is 0 Å². The predicted octanol–water partition coefficient (Wildman–Crippen LogP) is 7.82. The minimum atomic E-state index is -0.0837. The van der Waals surface area contributed by atoms with Crippen LogP contribution in [-0.4, -0.2) is 19.6 Å². The molecule has 1 aliphatic rings. The lowest BCUT2D eigenvalue weighted by molar-refractivity contribution is 0.437. The van der Waals surface area contributed by atoms with Gasteiger partial charge in [-0.25, -0.2) is 14.5 Å². The number of thiophene rings is 1. The first-order chi connectivity index (χ1) is 16.7. The number of hydrogen-bond donors (Lipinski definition) is 0. The van der Waals surface area contributed by atoms with E-state index >= 15 is 0 Å². The summed E-state index contributed by atoms with van der Waals surface area (Å²) >= 11 is 8.72. The average molecular weight is 590 g/mol. The molecule has 1 atom stereocenters. The highest BCUT2D eigenvalue weighted by Crippen LogP contribution is 2.50. The van der Waals surface area contributed by atoms with E-state index in [1.165, 1.54) is 0 Å². The highest BCUT2D eigenvalue weighted by molar-refractivity contribution is 9.13. The van der Waals surface area contributed by atoms with Gasteiger partial charge in [0.25, 0.3) is 0 Å². The van der Waals surface area contributed by atoms with Crippen molar-refractivity contribution in [1.82, 2.24) is 19.6 Å². The molecule has 4 heterocycles. The number of aromatic nitrogens is 4. The fourth-order valence-corrected chi connectivity index (χ4v) is 6.56. The van der Waals surface area contributed by atoms with Crippen molar-refractivity contribution in [2.75, 3.05) is 0 Å². The van der Waals surface area contributed by atoms with Crippen LogP contribution in [0, 0.1) is 0 Å². The van der Waals surface area contributed by atoms with Gasteiger partial charge in [0.15, 0.2) is 11.5 Å². The van der Waals surface area contributed by atoms with E-state index in [1.54, 1.807) is 22.2 Å². The smallest absolute Gasteiger partial charge is 0.228 e. The molecule has 8 heteroatoms. The Balaban J connectivity index is 1.51. The monoisotopic (exact) mass is 588 g/mol. The van der Waals surface area contributed by atoms with Gasteiger partial charge in [-0.1, -0.05) is 66.7 Å². The van der Waals surface area contributed by atoms with Crippen LogP contribution in [0.3, 0.4) is 0 Å². The molecule has 0 amide bonds. The van der Waals surface area contributed by atoms with Crippen LogP contribution in [0.5, 0.6) is 11.6 Å². The SMILES string of the molecule is Brc1cc(-c2nc3c4c(ncn3n2)Oc2c(ccc3ccccc23)[C@H]4c2ccccc2)sc1Br. The molecule has 34 heavy (non-hydrogen) atoms. The van der Waals surface area contributed by atoms with E-state index in [2.05, 4.69) is 85.4 Å². The van der Waals surface area contributed by atoms with Gasteiger partial charge in [-0.2, -0.15) is 0 Å². The molecular formula is C26H14Br2N4OS. The maximum atomic E-state index is 6.48. The molecule has 0 spiro atoms. The Morgan fingerprint density at radius 3 is 2.59 bits per heavy atom. The van der Waals surface area contributed by atoms with E-state index < -0.39 is 0 Å². The van der Waals surface area contributed by atoms with Crippen molar-refractivity contribution in [3.63, 3.8) is 0 Å². The lowest BCUT2D eigenvalue weighted by Crippen LogP contribution is -2.15. The maximum Gasteiger partial charge on any atom is 0.228 e. The standard InChI is InChI=1S/C26H14Br2N4OS/c27-18-12-19(34-23(18)28)24-30-25-21-20(15-7-2-1-3-8-15)17-11-10-14-6-4-5-9-16(14)22(17)33-26(21)29-13-32(25)31-24/h1-13,20H/t20-/m1/s1. The van der Waals surface area contributed by atoms with Gasteiger partial charge in [0.2, 0.25) is 5.88 Å². The van der Waals surface area contributed by atoms with Crippen LogP contribution < -0.4 is 4.74 Å². The zero-order valence-corrected chi connectivity index (χ0v) is 21.4. The zero-order chi connectivity index (χ0) is 22.8. The molecule has 1 aliphatic heterocycles. The Hall–Kier alpha value is -3.07. The third kappa shape index (κ3) is 3.06. The van der Waals surface area contributed by atoms with Gasteiger partial charge in [0.1, 0.15) is 12.1 Å². The molecule has 0 saturated carbocycles. The number of nitrogens with zero attached hydrogens (tertiary/aromatic N) is 4. The van der Waals surface area contributed by atoms with Gasteiger partial charge in [0.05, 0.1) is 14.2 Å². The molecule has 0 radical (unpaired) electrons. The van der Waals surface area contributed by atoms with Crippen LogP contribution in [0.25, 0.3) is 27.1 Å². The van der Waals surface area contributed by atoms with Crippen molar-refractivity contribution in [2.24, 2.45) is 0 Å². The molecule has 0 unspecified atom stereocenters. The fraction of sp³-hybridized carbons (Fsp3) is 0.0385. The van der Waals surface area contributed by atoms with E-state index in [4.69, 9.17) is 14.8 Å². The van der Waals surface area contributed by atoms with Crippen LogP contribution >= 0.6 is 43.2 Å². The topological polar surface area (TPSA) is 52.3 Å². The second-order valence-electron chi connectivity index (χ2n) is 8.05. The normalized spacial score (nSPS) is 14.7. The van der Waals surface area contributed by atoms with Crippen LogP contribution in [-0.2, 0) is 0 Å². The Kier molecular flexibility index (Phi) is 4.62. The molecule has 7 rings (SSSR count). The van der Waals surface area contributed by atoms with Gasteiger partial charge in [-0.3, -0.25) is 0 Å². The van der Waals surface area contributed by atoms with Crippen LogP contribution in [0.2, 0.25) is 0 Å². The van der Waals surface area contributed by atoms with Gasteiger partial charge < -0.3 is 4.74 Å². The second-order valence-corrected chi connectivity index (χ2v) is 11.3. The Bertz CT molecular complexity index is 1710. The summed E-state index contributed by atoms with van der Waals surface area (Å²) in [5, 5.41) is 6.94. The molecule has 0 fully saturated rings. The van der Waals surface area contributed by atoms with Crippen molar-refractivity contribution in [3.8, 4) is 22.3 Å². The highest BCUT2D eigenvalue weighted by atomic mass is 79.9. The molecule has 5 nitrogen and oxygen atoms in total. The quantitative estimate of drug-likeness (QED) is 0.206. The predicted molar refractivity (Wildman–Crippen MR) is 141 cm³/mol. The Labute approximate surface area is 215 Å². The number of rotatable bonds is 2. The molecule has 164 valence electrons. The lowest BCUT2D eigenvalue weighted by Gasteiger charge is -2.28. The lowest BCUT2D eigenvalue weighted by atomic mass is 9.83. The van der Waals surface area contributed by atoms with E-state index in [0.717, 1.165) is 52.0 Å². The molecule has 0 aliphatic carbocycles. The van der Waals surface area contributed by atoms with Crippen molar-refractivity contribution < 1.29 is 4.74 Å². The number of halogens is 2. The molecule has 0 bridgehead atoms. The summed E-state index contributed by atoms with van der Waals surface area (Å²) in [6, 6.07) is 25.1. The average Bonchev–Trinajstić information content (AvgIpc) is 3.46. The summed E-state index contributed by atoms with van der Waals surface area (Å²) in [5.74, 6) is 1.99. The molecule has 0 saturated heterocycles. The van der Waals surface area contributed by atoms with Crippen molar-refractivity contribution in [1.29, 1.82) is 0 Å². The molecule has 3 aromatic carbocycles. The first-order valence-corrected chi connectivity index (χ1v) is 13.0. The number of ether oxygens (including phenoxy) is 1. The van der Waals surface area contributed by atoms with Crippen LogP contribution in [0.15, 0.2) is 87.4 Å². The molecule has 0 N–H and O–H groups in total. The van der Waals surface area contributed by atoms with Gasteiger partial charge in [0, 0.05) is 21.3 Å². The number of benzene rings is 3. The minimum Gasteiger partial charge on any atom is -0.438 e. The largest absolute Gasteiger partial charge is 0.438 e. The molecule has 3 aromatic heterocycles. The number of hydrogen-bond acceptors (Lipinski definition) is 5. The van der Waals surface area contributed by atoms with E-state index in [0.29, 0.717) is 11.7 Å². The molecule has 6 aromatic rings. The summed E-state index contributed by atoms with van der Waals surface area (Å²) in [6.07, 6.45) is 1.68. The molecular weight excluding hydrogens is 576 g/mol. The van der Waals surface area contributed by atoms with E-state index in [-0.39, 0.29) is 5.92 Å². The Morgan fingerprint density at radius 1 is 0.941 bits per heavy atom. The first-order valence-electron chi connectivity index (χ1n) is 10.6. The minimum absolute atomic E-state index is 0.0837. The zero-order valence-electron chi connectivity index (χ0n) is 17.4. The van der Waals surface area contributed by atoms with E-state index in [1.807, 2.05) is 24.3 Å². The Morgan fingerprint density at radius 2 is 1.76 bits per heavy atom. The summed E-state index contributed by atoms with van der Waals surface area (Å²) in [6.45, 7) is 0. The third-order valence-corrected chi connectivity index (χ3v) is 9.35. The summed E-state index contributed by atoms with van der Waals surface area (Å²) in [5.41, 5.74) is 3.92. The van der Waals surface area contributed by atoms with Crippen molar-refractivity contribution >= 4 is 59.6 Å².